The van der Waals surface area contributed by atoms with E-state index < -0.39 is 0 Å². The van der Waals surface area contributed by atoms with Gasteiger partial charge in [0.05, 0.1) is 13.3 Å². The van der Waals surface area contributed by atoms with Crippen LogP contribution in [0.5, 0.6) is 0 Å². The molecule has 0 bridgehead atoms. The second-order valence-corrected chi connectivity index (χ2v) is 3.76. The topological polar surface area (TPSA) is 56.2 Å². The van der Waals surface area contributed by atoms with Crippen molar-refractivity contribution in [2.45, 2.75) is 39.4 Å². The molecule has 0 aliphatic carbocycles. The van der Waals surface area contributed by atoms with Gasteiger partial charge in [0.2, 0.25) is 0 Å². The van der Waals surface area contributed by atoms with Crippen LogP contribution in [0.25, 0.3) is 0 Å². The monoisotopic (exact) mass is 225 g/mol. The summed E-state index contributed by atoms with van der Waals surface area (Å²) < 4.78 is 6.51. The van der Waals surface area contributed by atoms with Crippen molar-refractivity contribution < 1.29 is 9.53 Å². The molecule has 90 valence electrons. The molecule has 0 saturated heterocycles. The van der Waals surface area contributed by atoms with Crippen LogP contribution in [0.1, 0.15) is 32.4 Å². The highest BCUT2D eigenvalue weighted by atomic mass is 16.5. The van der Waals surface area contributed by atoms with E-state index in [-0.39, 0.29) is 18.1 Å². The molecule has 1 aromatic rings. The lowest BCUT2D eigenvalue weighted by molar-refractivity contribution is -0.142. The molecule has 1 unspecified atom stereocenters. The summed E-state index contributed by atoms with van der Waals surface area (Å²) in [5.74, 6) is -0.255. The van der Waals surface area contributed by atoms with Crippen LogP contribution < -0.4 is 5.32 Å². The summed E-state index contributed by atoms with van der Waals surface area (Å²) in [6.07, 6.45) is 3.78. The fourth-order valence-electron chi connectivity index (χ4n) is 1.49. The van der Waals surface area contributed by atoms with Crippen LogP contribution in [-0.4, -0.2) is 28.9 Å². The number of ether oxygens (including phenoxy) is 1. The number of esters is 1. The highest BCUT2D eigenvalue weighted by molar-refractivity contribution is 5.75. The molecule has 0 fully saturated rings. The molecule has 1 aromatic heterocycles. The van der Waals surface area contributed by atoms with Crippen molar-refractivity contribution >= 4 is 5.97 Å². The molecule has 16 heavy (non-hydrogen) atoms. The van der Waals surface area contributed by atoms with E-state index in [0.29, 0.717) is 0 Å². The van der Waals surface area contributed by atoms with Crippen molar-refractivity contribution in [1.29, 1.82) is 0 Å². The largest absolute Gasteiger partial charge is 0.468 e. The third-order valence-corrected chi connectivity index (χ3v) is 2.53. The van der Waals surface area contributed by atoms with Gasteiger partial charge < -0.3 is 4.74 Å². The van der Waals surface area contributed by atoms with Gasteiger partial charge in [-0.15, -0.1) is 0 Å². The first kappa shape index (κ1) is 12.7. The van der Waals surface area contributed by atoms with Gasteiger partial charge in [-0.3, -0.25) is 14.8 Å². The summed E-state index contributed by atoms with van der Waals surface area (Å²) >= 11 is 0. The van der Waals surface area contributed by atoms with Gasteiger partial charge in [-0.1, -0.05) is 0 Å². The summed E-state index contributed by atoms with van der Waals surface area (Å²) in [6, 6.07) is -0.237. The minimum Gasteiger partial charge on any atom is -0.468 e. The number of carbonyl (C=O) groups is 1. The molecule has 0 spiro atoms. The standard InChI is InChI=1S/C11H19N3O2/c1-5-14-7-10(6-12-14)8(2)13-9(3)11(15)16-4/h6-9,13H,5H2,1-4H3/t8?,9-/m0/s1. The van der Waals surface area contributed by atoms with Crippen LogP contribution in [0.15, 0.2) is 12.4 Å². The smallest absolute Gasteiger partial charge is 0.322 e. The molecule has 5 nitrogen and oxygen atoms in total. The van der Waals surface area contributed by atoms with E-state index >= 15 is 0 Å². The van der Waals surface area contributed by atoms with E-state index in [2.05, 4.69) is 15.2 Å². The van der Waals surface area contributed by atoms with Crippen molar-refractivity contribution in [3.8, 4) is 0 Å². The van der Waals surface area contributed by atoms with E-state index in [4.69, 9.17) is 0 Å². The highest BCUT2D eigenvalue weighted by Crippen LogP contribution is 2.11. The van der Waals surface area contributed by atoms with Gasteiger partial charge in [-0.2, -0.15) is 5.10 Å². The minimum absolute atomic E-state index is 0.0781. The molecule has 5 heteroatoms. The van der Waals surface area contributed by atoms with E-state index in [1.807, 2.05) is 30.9 Å². The first-order valence-corrected chi connectivity index (χ1v) is 5.44. The third kappa shape index (κ3) is 3.06. The number of carbonyl (C=O) groups excluding carboxylic acids is 1. The number of hydrogen-bond acceptors (Lipinski definition) is 4. The number of nitrogens with one attached hydrogen (secondary N) is 1. The SMILES string of the molecule is CCn1cc(C(C)N[C@@H](C)C(=O)OC)cn1. The van der Waals surface area contributed by atoms with Crippen molar-refractivity contribution in [3.63, 3.8) is 0 Å². The Morgan fingerprint density at radius 2 is 2.31 bits per heavy atom. The van der Waals surface area contributed by atoms with Crippen molar-refractivity contribution in [3.05, 3.63) is 18.0 Å². The molecule has 0 amide bonds. The summed E-state index contributed by atoms with van der Waals surface area (Å²) in [5, 5.41) is 7.34. The zero-order chi connectivity index (χ0) is 12.1. The van der Waals surface area contributed by atoms with E-state index in [1.54, 1.807) is 6.92 Å². The fourth-order valence-corrected chi connectivity index (χ4v) is 1.49. The van der Waals surface area contributed by atoms with Gasteiger partial charge in [0.25, 0.3) is 0 Å². The Balaban J connectivity index is 2.57. The minimum atomic E-state index is -0.315. The number of nitrogens with zero attached hydrogens (tertiary/aromatic N) is 2. The average molecular weight is 225 g/mol. The second-order valence-electron chi connectivity index (χ2n) is 3.76. The maximum atomic E-state index is 11.2. The molecule has 0 aliphatic rings. The van der Waals surface area contributed by atoms with E-state index in [9.17, 15) is 4.79 Å². The number of aryl methyl sites for hydroxylation is 1. The number of methoxy groups -OCH3 is 1. The Bertz CT molecular complexity index is 349. The molecule has 0 aliphatic heterocycles. The van der Waals surface area contributed by atoms with E-state index in [1.165, 1.54) is 7.11 Å². The van der Waals surface area contributed by atoms with Crippen molar-refractivity contribution in [2.75, 3.05) is 7.11 Å². The summed E-state index contributed by atoms with van der Waals surface area (Å²) in [5.41, 5.74) is 1.07. The van der Waals surface area contributed by atoms with Crippen molar-refractivity contribution in [1.82, 2.24) is 15.1 Å². The molecule has 0 radical (unpaired) electrons. The van der Waals surface area contributed by atoms with Crippen molar-refractivity contribution in [2.24, 2.45) is 0 Å². The van der Waals surface area contributed by atoms with Crippen LogP contribution in [-0.2, 0) is 16.1 Å². The molecule has 1 heterocycles. The molecular weight excluding hydrogens is 206 g/mol. The zero-order valence-corrected chi connectivity index (χ0v) is 10.2. The summed E-state index contributed by atoms with van der Waals surface area (Å²) in [7, 11) is 1.39. The number of aromatic nitrogens is 2. The average Bonchev–Trinajstić information content (AvgIpc) is 2.76. The lowest BCUT2D eigenvalue weighted by Crippen LogP contribution is -2.36. The molecule has 0 aromatic carbocycles. The van der Waals surface area contributed by atoms with Crippen LogP contribution in [0, 0.1) is 0 Å². The molecule has 1 rings (SSSR count). The fraction of sp³-hybridized carbons (Fsp3) is 0.636. The van der Waals surface area contributed by atoms with Crippen LogP contribution in [0.3, 0.4) is 0 Å². The maximum Gasteiger partial charge on any atom is 0.322 e. The summed E-state index contributed by atoms with van der Waals surface area (Å²) in [6.45, 7) is 6.66. The zero-order valence-electron chi connectivity index (χ0n) is 10.2. The Labute approximate surface area is 95.8 Å². The number of hydrogen-bond donors (Lipinski definition) is 1. The van der Waals surface area contributed by atoms with Gasteiger partial charge in [0, 0.05) is 24.3 Å². The quantitative estimate of drug-likeness (QED) is 0.763. The van der Waals surface area contributed by atoms with Gasteiger partial charge in [0.15, 0.2) is 0 Å². The first-order chi connectivity index (χ1) is 7.58. The Morgan fingerprint density at radius 3 is 2.81 bits per heavy atom. The Kier molecular flexibility index (Phi) is 4.49. The maximum absolute atomic E-state index is 11.2. The van der Waals surface area contributed by atoms with Crippen LogP contribution >= 0.6 is 0 Å². The summed E-state index contributed by atoms with van der Waals surface area (Å²) in [4.78, 5) is 11.2. The predicted octanol–water partition coefficient (Wildman–Crippen LogP) is 1.12. The normalized spacial score (nSPS) is 14.5. The predicted molar refractivity (Wildman–Crippen MR) is 60.9 cm³/mol. The molecule has 0 saturated carbocycles. The molecular formula is C11H19N3O2. The van der Waals surface area contributed by atoms with Gasteiger partial charge in [0.1, 0.15) is 6.04 Å². The first-order valence-electron chi connectivity index (χ1n) is 5.44. The molecule has 2 atom stereocenters. The number of rotatable bonds is 5. The van der Waals surface area contributed by atoms with Gasteiger partial charge in [-0.05, 0) is 20.8 Å². The van der Waals surface area contributed by atoms with Gasteiger partial charge in [-0.25, -0.2) is 0 Å². The van der Waals surface area contributed by atoms with Crippen LogP contribution in [0.2, 0.25) is 0 Å². The van der Waals surface area contributed by atoms with Crippen LogP contribution in [0.4, 0.5) is 0 Å². The third-order valence-electron chi connectivity index (χ3n) is 2.53. The lowest BCUT2D eigenvalue weighted by Gasteiger charge is -2.16. The molecule has 1 N–H and O–H groups in total. The van der Waals surface area contributed by atoms with E-state index in [0.717, 1.165) is 12.1 Å². The lowest BCUT2D eigenvalue weighted by atomic mass is 10.1. The second kappa shape index (κ2) is 5.65. The van der Waals surface area contributed by atoms with Gasteiger partial charge >= 0.3 is 5.97 Å². The Hall–Kier alpha value is -1.36. The Morgan fingerprint density at radius 1 is 1.62 bits per heavy atom. The highest BCUT2D eigenvalue weighted by Gasteiger charge is 2.17.